The predicted molar refractivity (Wildman–Crippen MR) is 144 cm³/mol. The molecule has 3 heteroatoms. The lowest BCUT2D eigenvalue weighted by Gasteiger charge is -2.25. The Morgan fingerprint density at radius 2 is 1.47 bits per heavy atom. The Balaban J connectivity index is 2.04. The molecule has 0 unspecified atom stereocenters. The van der Waals surface area contributed by atoms with E-state index in [0.29, 0.717) is 5.92 Å². The first-order valence-corrected chi connectivity index (χ1v) is 12.3. The molecule has 0 radical (unpaired) electrons. The van der Waals surface area contributed by atoms with Crippen LogP contribution in [0.3, 0.4) is 0 Å². The van der Waals surface area contributed by atoms with Crippen LogP contribution in [0.15, 0.2) is 60.7 Å². The SMILES string of the molecule is Cc1ccc(C)c(-c2nnc(-c3cccc(CC(C)C)c3)n2-c2ccc(C)cc2C(C)(C)C)c1. The largest absolute Gasteiger partial charge is 0.275 e. The smallest absolute Gasteiger partial charge is 0.169 e. The van der Waals surface area contributed by atoms with Gasteiger partial charge in [-0.3, -0.25) is 4.57 Å². The van der Waals surface area contributed by atoms with Crippen LogP contribution in [-0.4, -0.2) is 14.8 Å². The second-order valence-corrected chi connectivity index (χ2v) is 11.1. The minimum absolute atomic E-state index is 0.0265. The summed E-state index contributed by atoms with van der Waals surface area (Å²) in [4.78, 5) is 0. The quantitative estimate of drug-likeness (QED) is 0.307. The van der Waals surface area contributed by atoms with E-state index in [2.05, 4.69) is 121 Å². The maximum absolute atomic E-state index is 4.79. The third-order valence-corrected chi connectivity index (χ3v) is 6.33. The fourth-order valence-electron chi connectivity index (χ4n) is 4.60. The highest BCUT2D eigenvalue weighted by Gasteiger charge is 2.25. The highest BCUT2D eigenvalue weighted by atomic mass is 15.3. The van der Waals surface area contributed by atoms with Gasteiger partial charge in [-0.1, -0.05) is 88.2 Å². The molecule has 0 spiro atoms. The van der Waals surface area contributed by atoms with Gasteiger partial charge in [0.05, 0.1) is 5.69 Å². The fraction of sp³-hybridized carbons (Fsp3) is 0.355. The molecule has 0 aliphatic carbocycles. The van der Waals surface area contributed by atoms with Gasteiger partial charge >= 0.3 is 0 Å². The molecular formula is C31H37N3. The minimum Gasteiger partial charge on any atom is -0.275 e. The van der Waals surface area contributed by atoms with E-state index in [4.69, 9.17) is 10.2 Å². The number of benzene rings is 3. The van der Waals surface area contributed by atoms with Gasteiger partial charge in [0.1, 0.15) is 0 Å². The Morgan fingerprint density at radius 3 is 2.18 bits per heavy atom. The highest BCUT2D eigenvalue weighted by molar-refractivity contribution is 5.70. The zero-order valence-electron chi connectivity index (χ0n) is 21.9. The van der Waals surface area contributed by atoms with Gasteiger partial charge in [-0.05, 0) is 73.4 Å². The number of hydrogen-bond donors (Lipinski definition) is 0. The van der Waals surface area contributed by atoms with Crippen molar-refractivity contribution in [3.8, 4) is 28.5 Å². The van der Waals surface area contributed by atoms with Gasteiger partial charge in [-0.2, -0.15) is 0 Å². The zero-order valence-corrected chi connectivity index (χ0v) is 21.9. The fourth-order valence-corrected chi connectivity index (χ4v) is 4.60. The van der Waals surface area contributed by atoms with Gasteiger partial charge in [-0.25, -0.2) is 0 Å². The second kappa shape index (κ2) is 9.21. The van der Waals surface area contributed by atoms with E-state index >= 15 is 0 Å². The Morgan fingerprint density at radius 1 is 0.794 bits per heavy atom. The van der Waals surface area contributed by atoms with E-state index in [1.165, 1.54) is 27.8 Å². The van der Waals surface area contributed by atoms with E-state index in [-0.39, 0.29) is 5.41 Å². The molecule has 0 fully saturated rings. The summed E-state index contributed by atoms with van der Waals surface area (Å²) in [6.45, 7) is 17.8. The van der Waals surface area contributed by atoms with Gasteiger partial charge in [0.25, 0.3) is 0 Å². The first-order chi connectivity index (χ1) is 16.0. The van der Waals surface area contributed by atoms with Crippen molar-refractivity contribution in [2.75, 3.05) is 0 Å². The van der Waals surface area contributed by atoms with Gasteiger partial charge in [0.15, 0.2) is 11.6 Å². The molecule has 0 aliphatic rings. The molecule has 0 aliphatic heterocycles. The summed E-state index contributed by atoms with van der Waals surface area (Å²) in [6.07, 6.45) is 1.05. The lowest BCUT2D eigenvalue weighted by atomic mass is 9.84. The van der Waals surface area contributed by atoms with Gasteiger partial charge in [-0.15, -0.1) is 10.2 Å². The van der Waals surface area contributed by atoms with Crippen LogP contribution in [0.25, 0.3) is 28.5 Å². The van der Waals surface area contributed by atoms with Crippen LogP contribution in [0, 0.1) is 26.7 Å². The van der Waals surface area contributed by atoms with Crippen molar-refractivity contribution >= 4 is 0 Å². The molecular weight excluding hydrogens is 414 g/mol. The van der Waals surface area contributed by atoms with Crippen LogP contribution >= 0.6 is 0 Å². The van der Waals surface area contributed by atoms with Crippen molar-refractivity contribution in [1.82, 2.24) is 14.8 Å². The van der Waals surface area contributed by atoms with Crippen LogP contribution in [0.4, 0.5) is 0 Å². The Labute approximate surface area is 204 Å². The van der Waals surface area contributed by atoms with Crippen LogP contribution in [0.5, 0.6) is 0 Å². The normalized spacial score (nSPS) is 11.9. The summed E-state index contributed by atoms with van der Waals surface area (Å²) in [5.74, 6) is 2.37. The van der Waals surface area contributed by atoms with Crippen molar-refractivity contribution in [2.45, 2.75) is 67.2 Å². The maximum atomic E-state index is 4.79. The molecule has 4 aromatic rings. The number of rotatable bonds is 5. The number of aryl methyl sites for hydroxylation is 3. The summed E-state index contributed by atoms with van der Waals surface area (Å²) in [5, 5.41) is 9.58. The Hall–Kier alpha value is -3.20. The van der Waals surface area contributed by atoms with Crippen molar-refractivity contribution in [3.63, 3.8) is 0 Å². The molecule has 3 nitrogen and oxygen atoms in total. The van der Waals surface area contributed by atoms with Gasteiger partial charge in [0.2, 0.25) is 0 Å². The predicted octanol–water partition coefficient (Wildman–Crippen LogP) is 8.02. The molecule has 176 valence electrons. The van der Waals surface area contributed by atoms with Crippen LogP contribution in [-0.2, 0) is 11.8 Å². The van der Waals surface area contributed by atoms with Gasteiger partial charge < -0.3 is 0 Å². The molecule has 0 saturated heterocycles. The summed E-state index contributed by atoms with van der Waals surface area (Å²) in [6, 6.07) is 22.1. The van der Waals surface area contributed by atoms with E-state index in [1.54, 1.807) is 0 Å². The molecule has 34 heavy (non-hydrogen) atoms. The third-order valence-electron chi connectivity index (χ3n) is 6.33. The zero-order chi connectivity index (χ0) is 24.6. The lowest BCUT2D eigenvalue weighted by Crippen LogP contribution is -2.16. The summed E-state index contributed by atoms with van der Waals surface area (Å²) in [5.41, 5.74) is 9.63. The average Bonchev–Trinajstić information content (AvgIpc) is 3.19. The van der Waals surface area contributed by atoms with Crippen LogP contribution in [0.1, 0.15) is 62.4 Å². The summed E-state index contributed by atoms with van der Waals surface area (Å²) >= 11 is 0. The lowest BCUT2D eigenvalue weighted by molar-refractivity contribution is 0.586. The molecule has 0 N–H and O–H groups in total. The second-order valence-electron chi connectivity index (χ2n) is 11.1. The molecule has 1 aromatic heterocycles. The standard InChI is InChI=1S/C31H37N3/c1-20(2)16-24-10-9-11-25(19-24)29-32-33-30(26-17-21(3)12-14-23(26)5)34(29)28-15-13-22(4)18-27(28)31(6,7)8/h9-15,17-20H,16H2,1-8H3. The monoisotopic (exact) mass is 451 g/mol. The van der Waals surface area contributed by atoms with Crippen molar-refractivity contribution in [3.05, 3.63) is 88.5 Å². The van der Waals surface area contributed by atoms with Crippen LogP contribution < -0.4 is 0 Å². The third kappa shape index (κ3) is 4.84. The van der Waals surface area contributed by atoms with Crippen molar-refractivity contribution < 1.29 is 0 Å². The molecule has 0 bridgehead atoms. The summed E-state index contributed by atoms with van der Waals surface area (Å²) in [7, 11) is 0. The van der Waals surface area contributed by atoms with Crippen molar-refractivity contribution in [2.24, 2.45) is 5.92 Å². The molecule has 4 rings (SSSR count). The Bertz CT molecular complexity index is 1320. The van der Waals surface area contributed by atoms with Crippen LogP contribution in [0.2, 0.25) is 0 Å². The topological polar surface area (TPSA) is 30.7 Å². The number of hydrogen-bond acceptors (Lipinski definition) is 2. The molecule has 0 saturated carbocycles. The van der Waals surface area contributed by atoms with E-state index in [9.17, 15) is 0 Å². The summed E-state index contributed by atoms with van der Waals surface area (Å²) < 4.78 is 2.27. The van der Waals surface area contributed by atoms with E-state index in [1.807, 2.05) is 0 Å². The Kier molecular flexibility index (Phi) is 6.49. The molecule has 0 amide bonds. The number of aromatic nitrogens is 3. The van der Waals surface area contributed by atoms with Crippen molar-refractivity contribution in [1.29, 1.82) is 0 Å². The minimum atomic E-state index is -0.0265. The molecule has 1 heterocycles. The van der Waals surface area contributed by atoms with E-state index < -0.39 is 0 Å². The molecule has 3 aromatic carbocycles. The first kappa shape index (κ1) is 23.9. The van der Waals surface area contributed by atoms with E-state index in [0.717, 1.165) is 34.9 Å². The first-order valence-electron chi connectivity index (χ1n) is 12.3. The maximum Gasteiger partial charge on any atom is 0.169 e. The van der Waals surface area contributed by atoms with Gasteiger partial charge in [0, 0.05) is 11.1 Å². The molecule has 0 atom stereocenters. The average molecular weight is 452 g/mol. The highest BCUT2D eigenvalue weighted by Crippen LogP contribution is 2.36. The number of nitrogens with zero attached hydrogens (tertiary/aromatic N) is 3.